The molecule has 1 aliphatic rings. The number of nitrogens with zero attached hydrogens (tertiary/aromatic N) is 1. The van der Waals surface area contributed by atoms with Gasteiger partial charge in [-0.15, -0.1) is 0 Å². The van der Waals surface area contributed by atoms with E-state index in [0.717, 1.165) is 41.6 Å². The minimum Gasteiger partial charge on any atom is -0.488 e. The van der Waals surface area contributed by atoms with Crippen molar-refractivity contribution in [3.63, 3.8) is 0 Å². The van der Waals surface area contributed by atoms with E-state index in [-0.39, 0.29) is 11.1 Å². The Morgan fingerprint density at radius 1 is 1.03 bits per heavy atom. The standard InChI is InChI=1S/C23H14BrClINO3S/c24-16-4-1-14(2-5-16)13-30-20-10-3-15(11-19(20)26)12-21-22(28)27(23(29)31-21)18-8-6-17(25)7-9-18/h1-12H,13H2/b21-12+. The summed E-state index contributed by atoms with van der Waals surface area (Å²) in [7, 11) is 0. The number of halogens is 3. The van der Waals surface area contributed by atoms with E-state index in [1.807, 2.05) is 42.5 Å². The third-order valence-corrected chi connectivity index (χ3v) is 6.93. The number of imide groups is 1. The second-order valence-corrected chi connectivity index (χ2v) is 10.1. The lowest BCUT2D eigenvalue weighted by atomic mass is 10.2. The number of benzene rings is 3. The van der Waals surface area contributed by atoms with Crippen LogP contribution < -0.4 is 9.64 Å². The van der Waals surface area contributed by atoms with E-state index in [9.17, 15) is 9.59 Å². The molecule has 0 unspecified atom stereocenters. The van der Waals surface area contributed by atoms with Gasteiger partial charge in [-0.1, -0.05) is 45.7 Å². The van der Waals surface area contributed by atoms with Crippen molar-refractivity contribution in [2.75, 3.05) is 4.90 Å². The molecule has 0 saturated carbocycles. The van der Waals surface area contributed by atoms with E-state index in [1.54, 1.807) is 30.3 Å². The molecule has 1 aliphatic heterocycles. The Bertz CT molecular complexity index is 1180. The molecule has 31 heavy (non-hydrogen) atoms. The normalized spacial score (nSPS) is 15.1. The van der Waals surface area contributed by atoms with Crippen LogP contribution in [0.2, 0.25) is 5.02 Å². The minimum absolute atomic E-state index is 0.331. The summed E-state index contributed by atoms with van der Waals surface area (Å²) in [6.45, 7) is 0.461. The number of amides is 2. The second kappa shape index (κ2) is 9.77. The average Bonchev–Trinajstić information content (AvgIpc) is 3.02. The summed E-state index contributed by atoms with van der Waals surface area (Å²) in [4.78, 5) is 26.7. The molecule has 0 radical (unpaired) electrons. The molecule has 0 aromatic heterocycles. The largest absolute Gasteiger partial charge is 0.488 e. The number of anilines is 1. The Kier molecular flexibility index (Phi) is 7.05. The Morgan fingerprint density at radius 3 is 2.42 bits per heavy atom. The van der Waals surface area contributed by atoms with Gasteiger partial charge < -0.3 is 4.74 Å². The molecule has 0 spiro atoms. The average molecular weight is 627 g/mol. The van der Waals surface area contributed by atoms with Crippen LogP contribution in [0.15, 0.2) is 76.1 Å². The predicted molar refractivity (Wildman–Crippen MR) is 138 cm³/mol. The summed E-state index contributed by atoms with van der Waals surface area (Å²) in [5.41, 5.74) is 2.39. The monoisotopic (exact) mass is 625 g/mol. The molecule has 0 bridgehead atoms. The molecule has 4 rings (SSSR count). The number of hydrogen-bond acceptors (Lipinski definition) is 4. The van der Waals surface area contributed by atoms with Crippen LogP contribution in [-0.2, 0) is 11.4 Å². The van der Waals surface area contributed by atoms with Gasteiger partial charge in [0.05, 0.1) is 14.2 Å². The van der Waals surface area contributed by atoms with Crippen molar-refractivity contribution < 1.29 is 14.3 Å². The first-order valence-corrected chi connectivity index (χ1v) is 12.2. The lowest BCUT2D eigenvalue weighted by Gasteiger charge is -2.12. The highest BCUT2D eigenvalue weighted by Gasteiger charge is 2.36. The molecule has 156 valence electrons. The minimum atomic E-state index is -0.345. The third-order valence-electron chi connectivity index (χ3n) is 4.44. The Morgan fingerprint density at radius 2 is 1.74 bits per heavy atom. The van der Waals surface area contributed by atoms with Crippen LogP contribution in [0, 0.1) is 3.57 Å². The summed E-state index contributed by atoms with van der Waals surface area (Å²) in [5.74, 6) is 0.415. The number of thioether (sulfide) groups is 1. The Balaban J connectivity index is 1.49. The van der Waals surface area contributed by atoms with Crippen molar-refractivity contribution in [2.45, 2.75) is 6.61 Å². The molecule has 4 nitrogen and oxygen atoms in total. The summed E-state index contributed by atoms with van der Waals surface area (Å²) in [6.07, 6.45) is 1.72. The second-order valence-electron chi connectivity index (χ2n) is 6.60. The first-order chi connectivity index (χ1) is 14.9. The maximum absolute atomic E-state index is 12.8. The highest BCUT2D eigenvalue weighted by atomic mass is 127. The number of ether oxygens (including phenoxy) is 1. The molecule has 1 saturated heterocycles. The van der Waals surface area contributed by atoms with E-state index in [1.165, 1.54) is 0 Å². The van der Waals surface area contributed by atoms with Gasteiger partial charge in [0.2, 0.25) is 0 Å². The first kappa shape index (κ1) is 22.4. The Labute approximate surface area is 210 Å². The van der Waals surface area contributed by atoms with Crippen LogP contribution in [-0.4, -0.2) is 11.1 Å². The summed E-state index contributed by atoms with van der Waals surface area (Å²) in [5, 5.41) is 0.214. The summed E-state index contributed by atoms with van der Waals surface area (Å²) in [6, 6.07) is 20.2. The summed E-state index contributed by atoms with van der Waals surface area (Å²) < 4.78 is 7.86. The zero-order chi connectivity index (χ0) is 22.0. The molecular weight excluding hydrogens is 613 g/mol. The van der Waals surface area contributed by atoms with E-state index in [2.05, 4.69) is 38.5 Å². The zero-order valence-electron chi connectivity index (χ0n) is 15.8. The molecule has 1 heterocycles. The molecule has 0 atom stereocenters. The van der Waals surface area contributed by atoms with Gasteiger partial charge >= 0.3 is 0 Å². The van der Waals surface area contributed by atoms with Crippen LogP contribution in [0.5, 0.6) is 5.75 Å². The van der Waals surface area contributed by atoms with Crippen molar-refractivity contribution in [3.8, 4) is 5.75 Å². The lowest BCUT2D eigenvalue weighted by Crippen LogP contribution is -2.27. The van der Waals surface area contributed by atoms with Crippen LogP contribution in [0.25, 0.3) is 6.08 Å². The van der Waals surface area contributed by atoms with Crippen LogP contribution in [0.1, 0.15) is 11.1 Å². The van der Waals surface area contributed by atoms with Crippen molar-refractivity contribution >= 4 is 84.8 Å². The van der Waals surface area contributed by atoms with Gasteiger partial charge in [-0.05, 0) is 100 Å². The van der Waals surface area contributed by atoms with Gasteiger partial charge in [0.1, 0.15) is 12.4 Å². The number of hydrogen-bond donors (Lipinski definition) is 0. The molecule has 2 amide bonds. The predicted octanol–water partition coefficient (Wildman–Crippen LogP) is 7.53. The fourth-order valence-corrected chi connectivity index (χ4v) is 4.82. The number of rotatable bonds is 5. The number of carbonyl (C=O) groups excluding carboxylic acids is 2. The fourth-order valence-electron chi connectivity index (χ4n) is 2.90. The van der Waals surface area contributed by atoms with Gasteiger partial charge in [0.25, 0.3) is 11.1 Å². The Hall–Kier alpha value is -1.81. The summed E-state index contributed by atoms with van der Waals surface area (Å²) >= 11 is 12.4. The topological polar surface area (TPSA) is 46.6 Å². The molecule has 8 heteroatoms. The molecule has 3 aromatic carbocycles. The number of carbonyl (C=O) groups is 2. The lowest BCUT2D eigenvalue weighted by molar-refractivity contribution is -0.113. The van der Waals surface area contributed by atoms with E-state index in [4.69, 9.17) is 16.3 Å². The highest BCUT2D eigenvalue weighted by Crippen LogP contribution is 2.36. The molecular formula is C23H14BrClINO3S. The van der Waals surface area contributed by atoms with Gasteiger partial charge in [0.15, 0.2) is 0 Å². The van der Waals surface area contributed by atoms with Crippen LogP contribution in [0.3, 0.4) is 0 Å². The van der Waals surface area contributed by atoms with E-state index < -0.39 is 0 Å². The smallest absolute Gasteiger partial charge is 0.298 e. The highest BCUT2D eigenvalue weighted by molar-refractivity contribution is 14.1. The molecule has 0 N–H and O–H groups in total. The van der Waals surface area contributed by atoms with E-state index >= 15 is 0 Å². The van der Waals surface area contributed by atoms with Gasteiger partial charge in [-0.3, -0.25) is 9.59 Å². The molecule has 1 fully saturated rings. The fraction of sp³-hybridized carbons (Fsp3) is 0.0435. The van der Waals surface area contributed by atoms with Crippen molar-refractivity contribution in [2.24, 2.45) is 0 Å². The van der Waals surface area contributed by atoms with Crippen molar-refractivity contribution in [3.05, 3.63) is 95.8 Å². The van der Waals surface area contributed by atoms with Crippen molar-refractivity contribution in [1.82, 2.24) is 0 Å². The van der Waals surface area contributed by atoms with Crippen molar-refractivity contribution in [1.29, 1.82) is 0 Å². The van der Waals surface area contributed by atoms with Crippen LogP contribution in [0.4, 0.5) is 10.5 Å². The third kappa shape index (κ3) is 5.34. The SMILES string of the molecule is O=C1S/C(=C/c2ccc(OCc3ccc(Br)cc3)c(I)c2)C(=O)N1c1ccc(Cl)cc1. The maximum atomic E-state index is 12.8. The maximum Gasteiger partial charge on any atom is 0.298 e. The first-order valence-electron chi connectivity index (χ1n) is 9.11. The molecule has 0 aliphatic carbocycles. The van der Waals surface area contributed by atoms with Gasteiger partial charge in [0, 0.05) is 9.50 Å². The zero-order valence-corrected chi connectivity index (χ0v) is 21.2. The van der Waals surface area contributed by atoms with Crippen LogP contribution >= 0.6 is 61.9 Å². The van der Waals surface area contributed by atoms with Gasteiger partial charge in [-0.2, -0.15) is 0 Å². The molecule has 3 aromatic rings. The quantitative estimate of drug-likeness (QED) is 0.217. The van der Waals surface area contributed by atoms with E-state index in [0.29, 0.717) is 22.2 Å². The van der Waals surface area contributed by atoms with Gasteiger partial charge in [-0.25, -0.2) is 4.90 Å².